The molecule has 3 rings (SSSR count). The third kappa shape index (κ3) is 6.75. The molecule has 0 unspecified atom stereocenters. The maximum absolute atomic E-state index is 10.8. The van der Waals surface area contributed by atoms with E-state index in [1.165, 1.54) is 11.1 Å². The van der Waals surface area contributed by atoms with Gasteiger partial charge in [-0.2, -0.15) is 10.2 Å². The van der Waals surface area contributed by atoms with Crippen molar-refractivity contribution in [2.24, 2.45) is 10.2 Å². The van der Waals surface area contributed by atoms with Gasteiger partial charge in [0.2, 0.25) is 0 Å². The number of aryl methyl sites for hydroxylation is 1. The Labute approximate surface area is 199 Å². The predicted molar refractivity (Wildman–Crippen MR) is 138 cm³/mol. The van der Waals surface area contributed by atoms with Crippen LogP contribution in [-0.4, -0.2) is 28.6 Å². The van der Waals surface area contributed by atoms with E-state index < -0.39 is 0 Å². The molecule has 1 N–H and O–H groups in total. The molecule has 4 heteroatoms. The van der Waals surface area contributed by atoms with E-state index in [1.54, 1.807) is 6.07 Å². The summed E-state index contributed by atoms with van der Waals surface area (Å²) in [5.74, 6) is 0.376. The maximum Gasteiger partial charge on any atom is 0.119 e. The average molecular weight is 444 g/mol. The Hall–Kier alpha value is -2.98. The molecule has 4 nitrogen and oxygen atoms in total. The van der Waals surface area contributed by atoms with Crippen LogP contribution < -0.4 is 0 Å². The molecule has 0 radical (unpaired) electrons. The number of benzene rings is 3. The van der Waals surface area contributed by atoms with E-state index >= 15 is 0 Å². The zero-order chi connectivity index (χ0) is 23.8. The molecule has 3 aromatic carbocycles. The van der Waals surface area contributed by atoms with E-state index in [1.807, 2.05) is 30.3 Å². The smallest absolute Gasteiger partial charge is 0.119 e. The van der Waals surface area contributed by atoms with E-state index in [2.05, 4.69) is 86.1 Å². The molecule has 0 saturated heterocycles. The SMILES string of the molecule is CCc1ccc(N=Nc2ccc(O)c([C@H](CCN(C(C)C)C(C)C)c3ccccc3)c2)cc1. The topological polar surface area (TPSA) is 48.2 Å². The molecule has 0 aliphatic carbocycles. The van der Waals surface area contributed by atoms with Crippen LogP contribution in [0.4, 0.5) is 11.4 Å². The molecule has 0 saturated carbocycles. The van der Waals surface area contributed by atoms with Gasteiger partial charge in [-0.05, 0) is 88.5 Å². The van der Waals surface area contributed by atoms with E-state index in [4.69, 9.17) is 0 Å². The molecule has 0 aliphatic rings. The fourth-order valence-electron chi connectivity index (χ4n) is 4.37. The molecule has 0 fully saturated rings. The Morgan fingerprint density at radius 2 is 1.39 bits per heavy atom. The first-order chi connectivity index (χ1) is 15.9. The molecule has 3 aromatic rings. The van der Waals surface area contributed by atoms with Gasteiger partial charge in [0, 0.05) is 23.6 Å². The molecule has 33 heavy (non-hydrogen) atoms. The number of hydrogen-bond acceptors (Lipinski definition) is 4. The van der Waals surface area contributed by atoms with Crippen LogP contribution in [0.15, 0.2) is 83.0 Å². The molecule has 0 spiro atoms. The predicted octanol–water partition coefficient (Wildman–Crippen LogP) is 8.01. The van der Waals surface area contributed by atoms with Crippen LogP contribution in [0, 0.1) is 0 Å². The summed E-state index contributed by atoms with van der Waals surface area (Å²) in [6, 6.07) is 25.0. The number of phenols is 1. The highest BCUT2D eigenvalue weighted by atomic mass is 16.3. The van der Waals surface area contributed by atoms with Crippen LogP contribution in [0.2, 0.25) is 0 Å². The first-order valence-electron chi connectivity index (χ1n) is 12.0. The molecular formula is C29H37N3O. The van der Waals surface area contributed by atoms with Crippen LogP contribution in [0.3, 0.4) is 0 Å². The molecule has 0 heterocycles. The largest absolute Gasteiger partial charge is 0.508 e. The van der Waals surface area contributed by atoms with Crippen LogP contribution in [0.1, 0.15) is 63.6 Å². The lowest BCUT2D eigenvalue weighted by Gasteiger charge is -2.32. The van der Waals surface area contributed by atoms with Crippen molar-refractivity contribution >= 4 is 11.4 Å². The van der Waals surface area contributed by atoms with E-state index in [0.29, 0.717) is 17.8 Å². The number of rotatable bonds is 10. The Balaban J connectivity index is 1.90. The van der Waals surface area contributed by atoms with Crippen LogP contribution >= 0.6 is 0 Å². The first-order valence-corrected chi connectivity index (χ1v) is 12.0. The number of nitrogens with zero attached hydrogens (tertiary/aromatic N) is 3. The van der Waals surface area contributed by atoms with Crippen molar-refractivity contribution in [3.8, 4) is 5.75 Å². The van der Waals surface area contributed by atoms with Gasteiger partial charge in [-0.25, -0.2) is 0 Å². The third-order valence-corrected chi connectivity index (χ3v) is 6.22. The Morgan fingerprint density at radius 1 is 0.788 bits per heavy atom. The van der Waals surface area contributed by atoms with Crippen molar-refractivity contribution in [2.45, 2.75) is 65.5 Å². The Morgan fingerprint density at radius 3 is 2.00 bits per heavy atom. The van der Waals surface area contributed by atoms with Gasteiger partial charge in [-0.3, -0.25) is 4.90 Å². The summed E-state index contributed by atoms with van der Waals surface area (Å²) in [7, 11) is 0. The molecular weight excluding hydrogens is 406 g/mol. The van der Waals surface area contributed by atoms with Crippen LogP contribution in [0.5, 0.6) is 5.75 Å². The first kappa shape index (κ1) is 24.7. The lowest BCUT2D eigenvalue weighted by atomic mass is 9.87. The second-order valence-corrected chi connectivity index (χ2v) is 9.14. The summed E-state index contributed by atoms with van der Waals surface area (Å²) in [6.45, 7) is 12.0. The summed E-state index contributed by atoms with van der Waals surface area (Å²) < 4.78 is 0. The van der Waals surface area contributed by atoms with Gasteiger partial charge in [-0.1, -0.05) is 49.4 Å². The van der Waals surface area contributed by atoms with E-state index in [-0.39, 0.29) is 5.92 Å². The number of aromatic hydroxyl groups is 1. The van der Waals surface area contributed by atoms with Gasteiger partial charge in [0.15, 0.2) is 0 Å². The standard InChI is InChI=1S/C29H37N3O/c1-6-23-12-14-25(15-13-23)30-31-26-16-17-29(33)28(20-26)27(24-10-8-7-9-11-24)18-19-32(21(2)3)22(4)5/h7-17,20-22,27,33H,6,18-19H2,1-5H3/t27-/m1/s1. The van der Waals surface area contributed by atoms with Crippen molar-refractivity contribution in [3.05, 3.63) is 89.5 Å². The van der Waals surface area contributed by atoms with Crippen molar-refractivity contribution in [1.29, 1.82) is 0 Å². The summed E-state index contributed by atoms with van der Waals surface area (Å²) in [6.07, 6.45) is 1.91. The minimum Gasteiger partial charge on any atom is -0.508 e. The van der Waals surface area contributed by atoms with Gasteiger partial charge in [-0.15, -0.1) is 0 Å². The summed E-state index contributed by atoms with van der Waals surface area (Å²) in [5.41, 5.74) is 4.94. The second kappa shape index (κ2) is 11.8. The van der Waals surface area contributed by atoms with Gasteiger partial charge >= 0.3 is 0 Å². The lowest BCUT2D eigenvalue weighted by molar-refractivity contribution is 0.170. The molecule has 174 valence electrons. The molecule has 0 amide bonds. The van der Waals surface area contributed by atoms with Gasteiger partial charge in [0.05, 0.1) is 11.4 Å². The van der Waals surface area contributed by atoms with Gasteiger partial charge in [0.25, 0.3) is 0 Å². The van der Waals surface area contributed by atoms with Crippen LogP contribution in [-0.2, 0) is 6.42 Å². The van der Waals surface area contributed by atoms with Gasteiger partial charge < -0.3 is 5.11 Å². The molecule has 0 bridgehead atoms. The van der Waals surface area contributed by atoms with Crippen molar-refractivity contribution in [3.63, 3.8) is 0 Å². The van der Waals surface area contributed by atoms with Crippen LogP contribution in [0.25, 0.3) is 0 Å². The molecule has 0 aliphatic heterocycles. The molecule has 0 aromatic heterocycles. The number of phenolic OH excluding ortho intramolecular Hbond substituents is 1. The van der Waals surface area contributed by atoms with E-state index in [9.17, 15) is 5.11 Å². The Kier molecular flexibility index (Phi) is 8.79. The van der Waals surface area contributed by atoms with Crippen molar-refractivity contribution in [2.75, 3.05) is 6.54 Å². The fraction of sp³-hybridized carbons (Fsp3) is 0.379. The lowest BCUT2D eigenvalue weighted by Crippen LogP contribution is -2.38. The monoisotopic (exact) mass is 443 g/mol. The number of hydrogen-bond donors (Lipinski definition) is 1. The summed E-state index contributed by atoms with van der Waals surface area (Å²) in [4.78, 5) is 2.50. The highest BCUT2D eigenvalue weighted by molar-refractivity contribution is 5.51. The molecule has 1 atom stereocenters. The third-order valence-electron chi connectivity index (χ3n) is 6.22. The van der Waals surface area contributed by atoms with Gasteiger partial charge in [0.1, 0.15) is 5.75 Å². The Bertz CT molecular complexity index is 1020. The minimum atomic E-state index is 0.0742. The fourth-order valence-corrected chi connectivity index (χ4v) is 4.37. The summed E-state index contributed by atoms with van der Waals surface area (Å²) >= 11 is 0. The van der Waals surface area contributed by atoms with Crippen molar-refractivity contribution in [1.82, 2.24) is 4.90 Å². The second-order valence-electron chi connectivity index (χ2n) is 9.14. The van der Waals surface area contributed by atoms with Crippen molar-refractivity contribution < 1.29 is 5.11 Å². The summed E-state index contributed by atoms with van der Waals surface area (Å²) in [5, 5.41) is 19.7. The average Bonchev–Trinajstić information content (AvgIpc) is 2.82. The van der Waals surface area contributed by atoms with E-state index in [0.717, 1.165) is 36.3 Å². The zero-order valence-electron chi connectivity index (χ0n) is 20.6. The minimum absolute atomic E-state index is 0.0742. The maximum atomic E-state index is 10.8. The number of azo groups is 1. The quantitative estimate of drug-likeness (QED) is 0.323. The zero-order valence-corrected chi connectivity index (χ0v) is 20.6. The highest BCUT2D eigenvalue weighted by Crippen LogP contribution is 2.37. The highest BCUT2D eigenvalue weighted by Gasteiger charge is 2.21. The normalized spacial score (nSPS) is 12.8.